The number of carboxylic acid groups (broad SMARTS) is 1. The zero-order valence-electron chi connectivity index (χ0n) is 25.1. The molecule has 0 amide bonds. The lowest BCUT2D eigenvalue weighted by molar-refractivity contribution is -0.152. The van der Waals surface area contributed by atoms with E-state index in [-0.39, 0.29) is 13.0 Å². The molecule has 0 heterocycles. The first-order chi connectivity index (χ1) is 18.6. The molecule has 0 aromatic carbocycles. The molecule has 0 bridgehead atoms. The fraction of sp³-hybridized carbons (Fsp3) is 0.824. The van der Waals surface area contributed by atoms with Crippen LogP contribution < -0.4 is 0 Å². The van der Waals surface area contributed by atoms with Gasteiger partial charge in [0.05, 0.1) is 12.3 Å². The highest BCUT2D eigenvalue weighted by Gasteiger charge is 2.22. The van der Waals surface area contributed by atoms with Gasteiger partial charge in [-0.2, -0.15) is 0 Å². The van der Waals surface area contributed by atoms with Gasteiger partial charge in [-0.3, -0.25) is 9.59 Å². The molecule has 0 rings (SSSR count). The number of esters is 1. The van der Waals surface area contributed by atoms with Crippen LogP contribution in [0.2, 0.25) is 0 Å². The highest BCUT2D eigenvalue weighted by molar-refractivity contribution is 5.79. The Balaban J connectivity index is 3.39. The average Bonchev–Trinajstić information content (AvgIpc) is 2.90. The molecule has 0 aliphatic rings. The lowest BCUT2D eigenvalue weighted by Gasteiger charge is -2.12. The summed E-state index contributed by atoms with van der Waals surface area (Å²) in [5, 5.41) is 9.01. The van der Waals surface area contributed by atoms with Crippen molar-refractivity contribution in [3.8, 4) is 0 Å². The zero-order chi connectivity index (χ0) is 27.9. The zero-order valence-corrected chi connectivity index (χ0v) is 25.1. The minimum Gasteiger partial charge on any atom is -0.481 e. The minimum absolute atomic E-state index is 0.133. The van der Waals surface area contributed by atoms with Gasteiger partial charge in [0, 0.05) is 0 Å². The van der Waals surface area contributed by atoms with Crippen LogP contribution in [0.15, 0.2) is 24.8 Å². The average molecular weight is 535 g/mol. The molecule has 0 aliphatic heterocycles. The molecule has 0 saturated carbocycles. The van der Waals surface area contributed by atoms with Crippen LogP contribution in [0.25, 0.3) is 0 Å². The third kappa shape index (κ3) is 27.5. The molecule has 1 unspecified atom stereocenters. The van der Waals surface area contributed by atoms with E-state index in [9.17, 15) is 9.59 Å². The lowest BCUT2D eigenvalue weighted by Crippen LogP contribution is -2.21. The van der Waals surface area contributed by atoms with Gasteiger partial charge >= 0.3 is 11.9 Å². The number of unbranched alkanes of at least 4 members (excludes halogenated alkanes) is 21. The Labute approximate surface area is 236 Å². The smallest absolute Gasteiger partial charge is 0.309 e. The fourth-order valence-corrected chi connectivity index (χ4v) is 5.01. The topological polar surface area (TPSA) is 63.6 Å². The number of hydrogen-bond donors (Lipinski definition) is 1. The molecule has 38 heavy (non-hydrogen) atoms. The van der Waals surface area contributed by atoms with Crippen molar-refractivity contribution in [1.82, 2.24) is 0 Å². The maximum Gasteiger partial charge on any atom is 0.309 e. The van der Waals surface area contributed by atoms with Gasteiger partial charge in [-0.25, -0.2) is 0 Å². The van der Waals surface area contributed by atoms with E-state index in [1.54, 1.807) is 0 Å². The van der Waals surface area contributed by atoms with Crippen molar-refractivity contribution < 1.29 is 19.4 Å². The summed E-state index contributed by atoms with van der Waals surface area (Å²) in [6, 6.07) is 0. The first kappa shape index (κ1) is 36.4. The van der Waals surface area contributed by atoms with Gasteiger partial charge in [0.15, 0.2) is 0 Å². The SMILES string of the molecule is C=CCOC(=O)C(CCC/C=C/CCCCCCCCCCCCCCCCCCCCCC)CC(=O)O. The van der Waals surface area contributed by atoms with Gasteiger partial charge in [-0.1, -0.05) is 154 Å². The molecule has 0 aliphatic carbocycles. The number of hydrogen-bond acceptors (Lipinski definition) is 3. The van der Waals surface area contributed by atoms with Crippen molar-refractivity contribution in [2.24, 2.45) is 5.92 Å². The van der Waals surface area contributed by atoms with Crippen LogP contribution in [0.5, 0.6) is 0 Å². The van der Waals surface area contributed by atoms with E-state index in [2.05, 4.69) is 25.7 Å². The van der Waals surface area contributed by atoms with Crippen molar-refractivity contribution >= 4 is 11.9 Å². The maximum absolute atomic E-state index is 12.0. The van der Waals surface area contributed by atoms with Gasteiger partial charge in [0.25, 0.3) is 0 Å². The number of carboxylic acids is 1. The van der Waals surface area contributed by atoms with Gasteiger partial charge in [0.2, 0.25) is 0 Å². The van der Waals surface area contributed by atoms with Crippen LogP contribution in [0.1, 0.15) is 167 Å². The van der Waals surface area contributed by atoms with Crippen LogP contribution in [0, 0.1) is 5.92 Å². The summed E-state index contributed by atoms with van der Waals surface area (Å²) in [7, 11) is 0. The van der Waals surface area contributed by atoms with Crippen LogP contribution >= 0.6 is 0 Å². The first-order valence-electron chi connectivity index (χ1n) is 16.3. The lowest BCUT2D eigenvalue weighted by atomic mass is 9.98. The number of aliphatic carboxylic acids is 1. The molecule has 0 saturated heterocycles. The largest absolute Gasteiger partial charge is 0.481 e. The molecule has 0 aromatic heterocycles. The third-order valence-corrected chi connectivity index (χ3v) is 7.41. The molecule has 1 N–H and O–H groups in total. The van der Waals surface area contributed by atoms with E-state index >= 15 is 0 Å². The Morgan fingerprint density at radius 2 is 1.05 bits per heavy atom. The second-order valence-electron chi connectivity index (χ2n) is 11.1. The summed E-state index contributed by atoms with van der Waals surface area (Å²) in [5.74, 6) is -1.95. The second kappa shape index (κ2) is 30.0. The Kier molecular flexibility index (Phi) is 28.7. The highest BCUT2D eigenvalue weighted by atomic mass is 16.5. The predicted molar refractivity (Wildman–Crippen MR) is 163 cm³/mol. The van der Waals surface area contributed by atoms with Gasteiger partial charge in [-0.15, -0.1) is 0 Å². The van der Waals surface area contributed by atoms with Crippen LogP contribution in [-0.4, -0.2) is 23.7 Å². The van der Waals surface area contributed by atoms with Crippen molar-refractivity contribution in [2.45, 2.75) is 167 Å². The monoisotopic (exact) mass is 534 g/mol. The Hall–Kier alpha value is -1.58. The normalized spacial score (nSPS) is 12.1. The van der Waals surface area contributed by atoms with Gasteiger partial charge < -0.3 is 9.84 Å². The molecule has 0 fully saturated rings. The number of ether oxygens (including phenoxy) is 1. The molecule has 0 spiro atoms. The minimum atomic E-state index is -0.958. The fourth-order valence-electron chi connectivity index (χ4n) is 5.01. The van der Waals surface area contributed by atoms with E-state index in [1.165, 1.54) is 134 Å². The Morgan fingerprint density at radius 3 is 1.45 bits per heavy atom. The van der Waals surface area contributed by atoms with Crippen LogP contribution in [-0.2, 0) is 14.3 Å². The highest BCUT2D eigenvalue weighted by Crippen LogP contribution is 2.17. The summed E-state index contributed by atoms with van der Waals surface area (Å²) in [5.41, 5.74) is 0. The van der Waals surface area contributed by atoms with Gasteiger partial charge in [0.1, 0.15) is 6.61 Å². The second-order valence-corrected chi connectivity index (χ2v) is 11.1. The van der Waals surface area contributed by atoms with Crippen molar-refractivity contribution in [3.63, 3.8) is 0 Å². The van der Waals surface area contributed by atoms with E-state index in [1.807, 2.05) is 0 Å². The molecule has 4 heteroatoms. The molecular weight excluding hydrogens is 472 g/mol. The third-order valence-electron chi connectivity index (χ3n) is 7.41. The van der Waals surface area contributed by atoms with Crippen molar-refractivity contribution in [3.05, 3.63) is 24.8 Å². The van der Waals surface area contributed by atoms with E-state index in [4.69, 9.17) is 9.84 Å². The van der Waals surface area contributed by atoms with E-state index in [0.717, 1.165) is 19.3 Å². The first-order valence-corrected chi connectivity index (χ1v) is 16.3. The molecular formula is C34H62O4. The predicted octanol–water partition coefficient (Wildman–Crippen LogP) is 10.7. The van der Waals surface area contributed by atoms with Crippen LogP contribution in [0.3, 0.4) is 0 Å². The molecule has 222 valence electrons. The summed E-state index contributed by atoms with van der Waals surface area (Å²) in [4.78, 5) is 22.9. The molecule has 4 nitrogen and oxygen atoms in total. The number of carbonyl (C=O) groups is 2. The standard InChI is InChI=1S/C34H62O4/c1-3-5-6-7-8-9-10-11-12-13-14-15-16-17-18-19-20-21-22-23-24-25-26-27-28-29-32(31-33(35)36)34(37)38-30-4-2/h4,25-26,32H,2-3,5-24,27-31H2,1H3,(H,35,36)/b26-25+. The molecule has 0 aromatic rings. The Bertz CT molecular complexity index is 569. The Morgan fingerprint density at radius 1 is 0.658 bits per heavy atom. The van der Waals surface area contributed by atoms with Crippen molar-refractivity contribution in [2.75, 3.05) is 6.61 Å². The summed E-state index contributed by atoms with van der Waals surface area (Å²) < 4.78 is 5.02. The summed E-state index contributed by atoms with van der Waals surface area (Å²) >= 11 is 0. The number of carbonyl (C=O) groups excluding carboxylic acids is 1. The molecule has 0 radical (unpaired) electrons. The quantitative estimate of drug-likeness (QED) is 0.0565. The number of rotatable bonds is 30. The van der Waals surface area contributed by atoms with Gasteiger partial charge in [-0.05, 0) is 32.1 Å². The van der Waals surface area contributed by atoms with Crippen LogP contribution in [0.4, 0.5) is 0 Å². The summed E-state index contributed by atoms with van der Waals surface area (Å²) in [6.45, 7) is 5.94. The molecule has 1 atom stereocenters. The van der Waals surface area contributed by atoms with E-state index < -0.39 is 17.9 Å². The maximum atomic E-state index is 12.0. The summed E-state index contributed by atoms with van der Waals surface area (Å²) in [6.07, 6.45) is 37.2. The van der Waals surface area contributed by atoms with Crippen molar-refractivity contribution in [1.29, 1.82) is 0 Å². The van der Waals surface area contributed by atoms with E-state index in [0.29, 0.717) is 6.42 Å². The number of allylic oxidation sites excluding steroid dienone is 2.